The van der Waals surface area contributed by atoms with Crippen LogP contribution in [0.4, 0.5) is 5.69 Å². The molecule has 1 unspecified atom stereocenters. The molecule has 1 atom stereocenters. The molecule has 0 bridgehead atoms. The van der Waals surface area contributed by atoms with Crippen LogP contribution < -0.4 is 10.1 Å². The Balaban J connectivity index is 1.92. The summed E-state index contributed by atoms with van der Waals surface area (Å²) in [6.07, 6.45) is 0. The fraction of sp³-hybridized carbons (Fsp3) is 0.133. The highest BCUT2D eigenvalue weighted by Gasteiger charge is 2.25. The summed E-state index contributed by atoms with van der Waals surface area (Å²) < 4.78 is 16.9. The van der Waals surface area contributed by atoms with Gasteiger partial charge in [-0.2, -0.15) is 0 Å². The lowest BCUT2D eigenvalue weighted by molar-refractivity contribution is 0.103. The monoisotopic (exact) mass is 287 g/mol. The van der Waals surface area contributed by atoms with Gasteiger partial charge in [-0.1, -0.05) is 0 Å². The molecule has 0 saturated carbocycles. The third-order valence-electron chi connectivity index (χ3n) is 3.24. The van der Waals surface area contributed by atoms with Gasteiger partial charge in [-0.3, -0.25) is 4.79 Å². The average molecular weight is 287 g/mol. The second-order valence-electron chi connectivity index (χ2n) is 4.44. The van der Waals surface area contributed by atoms with Crippen molar-refractivity contribution in [2.24, 2.45) is 0 Å². The molecule has 20 heavy (non-hydrogen) atoms. The lowest BCUT2D eigenvalue weighted by Gasteiger charge is -2.05. The fourth-order valence-corrected chi connectivity index (χ4v) is 3.21. The van der Waals surface area contributed by atoms with Crippen LogP contribution in [0.15, 0.2) is 47.4 Å². The predicted molar refractivity (Wildman–Crippen MR) is 77.8 cm³/mol. The molecule has 2 aromatic rings. The molecule has 0 amide bonds. The van der Waals surface area contributed by atoms with Crippen LogP contribution in [-0.2, 0) is 11.2 Å². The van der Waals surface area contributed by atoms with Crippen LogP contribution >= 0.6 is 0 Å². The molecular weight excluding hydrogens is 274 g/mol. The van der Waals surface area contributed by atoms with Crippen LogP contribution in [0.5, 0.6) is 5.75 Å². The van der Waals surface area contributed by atoms with E-state index < -0.39 is 11.2 Å². The molecule has 4 nitrogen and oxygen atoms in total. The SMILES string of the molecule is COc1ccc(C(=O)c2ccc3c(c2)[S+]([O-])CN3)cc1. The zero-order valence-electron chi connectivity index (χ0n) is 10.9. The fourth-order valence-electron chi connectivity index (χ4n) is 2.13. The molecule has 1 aliphatic heterocycles. The molecule has 0 fully saturated rings. The van der Waals surface area contributed by atoms with Gasteiger partial charge in [0.25, 0.3) is 0 Å². The number of rotatable bonds is 3. The van der Waals surface area contributed by atoms with Gasteiger partial charge < -0.3 is 14.6 Å². The number of hydrogen-bond donors (Lipinski definition) is 1. The van der Waals surface area contributed by atoms with Gasteiger partial charge in [0, 0.05) is 28.4 Å². The molecule has 3 rings (SSSR count). The zero-order valence-corrected chi connectivity index (χ0v) is 11.7. The maximum Gasteiger partial charge on any atom is 0.193 e. The highest BCUT2D eigenvalue weighted by Crippen LogP contribution is 2.30. The van der Waals surface area contributed by atoms with Gasteiger partial charge in [0.05, 0.1) is 12.8 Å². The van der Waals surface area contributed by atoms with Crippen LogP contribution in [0.1, 0.15) is 15.9 Å². The molecule has 1 N–H and O–H groups in total. The predicted octanol–water partition coefficient (Wildman–Crippen LogP) is 2.42. The third kappa shape index (κ3) is 2.26. The van der Waals surface area contributed by atoms with Crippen molar-refractivity contribution in [3.05, 3.63) is 53.6 Å². The lowest BCUT2D eigenvalue weighted by Crippen LogP contribution is -2.04. The van der Waals surface area contributed by atoms with Gasteiger partial charge in [-0.25, -0.2) is 0 Å². The Morgan fingerprint density at radius 1 is 1.20 bits per heavy atom. The second kappa shape index (κ2) is 5.19. The van der Waals surface area contributed by atoms with Gasteiger partial charge in [0.1, 0.15) is 5.75 Å². The van der Waals surface area contributed by atoms with E-state index in [2.05, 4.69) is 5.32 Å². The Kier molecular flexibility index (Phi) is 3.38. The first-order valence-electron chi connectivity index (χ1n) is 6.14. The Labute approximate surface area is 119 Å². The largest absolute Gasteiger partial charge is 0.610 e. The van der Waals surface area contributed by atoms with Crippen molar-refractivity contribution in [1.29, 1.82) is 0 Å². The molecule has 5 heteroatoms. The van der Waals surface area contributed by atoms with E-state index in [9.17, 15) is 9.35 Å². The molecule has 0 saturated heterocycles. The Bertz CT molecular complexity index is 655. The first-order chi connectivity index (χ1) is 9.69. The Morgan fingerprint density at radius 2 is 1.90 bits per heavy atom. The minimum atomic E-state index is -1.07. The number of ether oxygens (including phenoxy) is 1. The van der Waals surface area contributed by atoms with Crippen LogP contribution in [0.2, 0.25) is 0 Å². The van der Waals surface area contributed by atoms with Crippen molar-refractivity contribution in [3.8, 4) is 5.75 Å². The van der Waals surface area contributed by atoms with Gasteiger partial charge in [0.15, 0.2) is 16.6 Å². The van der Waals surface area contributed by atoms with Crippen LogP contribution in [0.25, 0.3) is 0 Å². The van der Waals surface area contributed by atoms with Crippen molar-refractivity contribution in [2.45, 2.75) is 4.90 Å². The number of nitrogens with one attached hydrogen (secondary N) is 1. The van der Waals surface area contributed by atoms with Gasteiger partial charge in [0.2, 0.25) is 0 Å². The number of ketones is 1. The molecule has 0 radical (unpaired) electrons. The summed E-state index contributed by atoms with van der Waals surface area (Å²) in [5.41, 5.74) is 1.98. The van der Waals surface area contributed by atoms with E-state index >= 15 is 0 Å². The molecular formula is C15H13NO3S. The number of anilines is 1. The van der Waals surface area contributed by atoms with Crippen molar-refractivity contribution < 1.29 is 14.1 Å². The first kappa shape index (κ1) is 13.0. The number of carbonyl (C=O) groups excluding carboxylic acids is 1. The standard InChI is InChI=1S/C15H13NO3S/c1-19-12-5-2-10(3-6-12)15(17)11-4-7-13-14(8-11)20(18)9-16-13/h2-8,16H,9H2,1H3. The molecule has 0 aromatic heterocycles. The van der Waals surface area contributed by atoms with Gasteiger partial charge in [-0.15, -0.1) is 0 Å². The van der Waals surface area contributed by atoms with Crippen LogP contribution in [-0.4, -0.2) is 23.3 Å². The maximum absolute atomic E-state index is 12.4. The number of benzene rings is 2. The summed E-state index contributed by atoms with van der Waals surface area (Å²) in [4.78, 5) is 13.1. The lowest BCUT2D eigenvalue weighted by atomic mass is 10.0. The Hall–Kier alpha value is -1.98. The second-order valence-corrected chi connectivity index (χ2v) is 5.85. The average Bonchev–Trinajstić information content (AvgIpc) is 2.87. The number of carbonyl (C=O) groups is 1. The molecule has 102 valence electrons. The van der Waals surface area contributed by atoms with E-state index in [0.717, 1.165) is 5.69 Å². The molecule has 0 spiro atoms. The topological polar surface area (TPSA) is 61.4 Å². The van der Waals surface area contributed by atoms with E-state index in [1.165, 1.54) is 0 Å². The normalized spacial score (nSPS) is 16.4. The van der Waals surface area contributed by atoms with E-state index in [-0.39, 0.29) is 5.78 Å². The van der Waals surface area contributed by atoms with E-state index in [4.69, 9.17) is 4.74 Å². The highest BCUT2D eigenvalue weighted by atomic mass is 32.2. The van der Waals surface area contributed by atoms with E-state index in [1.54, 1.807) is 49.6 Å². The summed E-state index contributed by atoms with van der Waals surface area (Å²) in [6.45, 7) is 0. The van der Waals surface area contributed by atoms with Gasteiger partial charge >= 0.3 is 0 Å². The Morgan fingerprint density at radius 3 is 2.60 bits per heavy atom. The number of fused-ring (bicyclic) bond motifs is 1. The molecule has 2 aromatic carbocycles. The molecule has 1 heterocycles. The first-order valence-corrected chi connectivity index (χ1v) is 7.46. The summed E-state index contributed by atoms with van der Waals surface area (Å²) in [6, 6.07) is 12.2. The summed E-state index contributed by atoms with van der Waals surface area (Å²) in [7, 11) is 1.58. The minimum Gasteiger partial charge on any atom is -0.610 e. The smallest absolute Gasteiger partial charge is 0.193 e. The van der Waals surface area contributed by atoms with Crippen molar-refractivity contribution in [2.75, 3.05) is 18.3 Å². The number of methoxy groups -OCH3 is 1. The number of hydrogen-bond acceptors (Lipinski definition) is 4. The zero-order chi connectivity index (χ0) is 14.1. The highest BCUT2D eigenvalue weighted by molar-refractivity contribution is 7.92. The third-order valence-corrected chi connectivity index (χ3v) is 4.47. The minimum absolute atomic E-state index is 0.0839. The van der Waals surface area contributed by atoms with Crippen LogP contribution in [0.3, 0.4) is 0 Å². The summed E-state index contributed by atoms with van der Waals surface area (Å²) in [5, 5.41) is 3.04. The summed E-state index contributed by atoms with van der Waals surface area (Å²) in [5.74, 6) is 1.04. The van der Waals surface area contributed by atoms with Gasteiger partial charge in [-0.05, 0) is 36.4 Å². The quantitative estimate of drug-likeness (QED) is 0.695. The van der Waals surface area contributed by atoms with Crippen molar-refractivity contribution in [3.63, 3.8) is 0 Å². The van der Waals surface area contributed by atoms with E-state index in [1.807, 2.05) is 0 Å². The van der Waals surface area contributed by atoms with Crippen LogP contribution in [0, 0.1) is 0 Å². The maximum atomic E-state index is 12.4. The van der Waals surface area contributed by atoms with Crippen molar-refractivity contribution in [1.82, 2.24) is 0 Å². The summed E-state index contributed by atoms with van der Waals surface area (Å²) >= 11 is -1.07. The van der Waals surface area contributed by atoms with E-state index in [0.29, 0.717) is 27.6 Å². The molecule has 0 aliphatic carbocycles. The molecule has 1 aliphatic rings. The van der Waals surface area contributed by atoms with Crippen molar-refractivity contribution >= 4 is 22.6 Å².